The Bertz CT molecular complexity index is 1030. The molecule has 4 rings (SSSR count). The number of ether oxygens (including phenoxy) is 2. The number of fused-ring (bicyclic) bond motifs is 3. The van der Waals surface area contributed by atoms with Gasteiger partial charge in [-0.1, -0.05) is 62.4 Å². The Hall–Kier alpha value is -3.39. The van der Waals surface area contributed by atoms with E-state index in [0.717, 1.165) is 22.3 Å². The zero-order chi connectivity index (χ0) is 24.3. The third-order valence-electron chi connectivity index (χ3n) is 6.93. The Morgan fingerprint density at radius 2 is 1.65 bits per heavy atom. The van der Waals surface area contributed by atoms with Crippen molar-refractivity contribution in [3.8, 4) is 11.1 Å². The molecule has 0 saturated carbocycles. The first-order valence-corrected chi connectivity index (χ1v) is 11.7. The van der Waals surface area contributed by atoms with E-state index in [9.17, 15) is 19.5 Å². The van der Waals surface area contributed by atoms with Crippen LogP contribution in [0.2, 0.25) is 0 Å². The maximum absolute atomic E-state index is 13.4. The van der Waals surface area contributed by atoms with Crippen molar-refractivity contribution in [1.82, 2.24) is 10.2 Å². The first-order valence-electron chi connectivity index (χ1n) is 11.7. The molecule has 2 aromatic rings. The summed E-state index contributed by atoms with van der Waals surface area (Å²) in [5.41, 5.74) is 3.32. The number of morpholine rings is 1. The summed E-state index contributed by atoms with van der Waals surface area (Å²) in [6, 6.07) is 16.2. The number of carboxylic acids is 1. The Morgan fingerprint density at radius 1 is 1.06 bits per heavy atom. The van der Waals surface area contributed by atoms with Gasteiger partial charge in [0.05, 0.1) is 13.2 Å². The summed E-state index contributed by atoms with van der Waals surface area (Å²) in [6.07, 6.45) is -1.04. The summed E-state index contributed by atoms with van der Waals surface area (Å²) in [5.74, 6) is -1.51. The maximum atomic E-state index is 13.4. The van der Waals surface area contributed by atoms with Crippen LogP contribution >= 0.6 is 0 Å². The quantitative estimate of drug-likeness (QED) is 0.648. The van der Waals surface area contributed by atoms with Gasteiger partial charge in [0.1, 0.15) is 12.1 Å². The minimum Gasteiger partial charge on any atom is -0.479 e. The van der Waals surface area contributed by atoms with E-state index in [1.807, 2.05) is 50.2 Å². The second-order valence-corrected chi connectivity index (χ2v) is 8.69. The van der Waals surface area contributed by atoms with E-state index in [4.69, 9.17) is 9.47 Å². The highest BCUT2D eigenvalue weighted by Crippen LogP contribution is 2.44. The van der Waals surface area contributed by atoms with Crippen LogP contribution < -0.4 is 5.32 Å². The van der Waals surface area contributed by atoms with Crippen molar-refractivity contribution in [2.24, 2.45) is 0 Å². The van der Waals surface area contributed by atoms with Gasteiger partial charge in [-0.3, -0.25) is 4.79 Å². The number of carbonyl (C=O) groups is 3. The van der Waals surface area contributed by atoms with Crippen LogP contribution in [-0.4, -0.2) is 65.9 Å². The standard InChI is InChI=1S/C26H30N2O6/c1-3-26(4-2,24(31)28-13-14-33-22(15-28)23(29)30)27-25(32)34-16-21-19-11-7-5-9-17(19)18-10-6-8-12-20(18)21/h5-12,21-22H,3-4,13-16H2,1-2H3,(H,27,32)(H,29,30). The number of alkyl carbamates (subject to hydrolysis) is 1. The second-order valence-electron chi connectivity index (χ2n) is 8.69. The van der Waals surface area contributed by atoms with E-state index in [1.54, 1.807) is 0 Å². The molecule has 180 valence electrons. The largest absolute Gasteiger partial charge is 0.479 e. The van der Waals surface area contributed by atoms with Crippen molar-refractivity contribution >= 4 is 18.0 Å². The number of carbonyl (C=O) groups excluding carboxylic acids is 2. The highest BCUT2D eigenvalue weighted by atomic mass is 16.5. The summed E-state index contributed by atoms with van der Waals surface area (Å²) in [5, 5.41) is 12.1. The van der Waals surface area contributed by atoms with Gasteiger partial charge in [0.15, 0.2) is 6.10 Å². The van der Waals surface area contributed by atoms with Crippen molar-refractivity contribution in [3.63, 3.8) is 0 Å². The first kappa shape index (κ1) is 23.8. The Kier molecular flexibility index (Phi) is 6.88. The molecule has 1 unspecified atom stereocenters. The van der Waals surface area contributed by atoms with Gasteiger partial charge in [0.2, 0.25) is 5.91 Å². The van der Waals surface area contributed by atoms with Gasteiger partial charge in [-0.15, -0.1) is 0 Å². The van der Waals surface area contributed by atoms with E-state index >= 15 is 0 Å². The van der Waals surface area contributed by atoms with Gasteiger partial charge in [-0.05, 0) is 35.1 Å². The molecular weight excluding hydrogens is 436 g/mol. The summed E-state index contributed by atoms with van der Waals surface area (Å²) in [6.45, 7) is 4.15. The molecule has 34 heavy (non-hydrogen) atoms. The van der Waals surface area contributed by atoms with Crippen LogP contribution in [0.25, 0.3) is 11.1 Å². The van der Waals surface area contributed by atoms with E-state index in [2.05, 4.69) is 17.4 Å². The SMILES string of the molecule is CCC(CC)(NC(=O)OCC1c2ccccc2-c2ccccc21)C(=O)N1CCOC(C(=O)O)C1. The first-order chi connectivity index (χ1) is 16.4. The predicted octanol–water partition coefficient (Wildman–Crippen LogP) is 3.40. The molecule has 8 heteroatoms. The Morgan fingerprint density at radius 3 is 2.21 bits per heavy atom. The molecule has 0 radical (unpaired) electrons. The molecule has 1 fully saturated rings. The number of nitrogens with one attached hydrogen (secondary N) is 1. The lowest BCUT2D eigenvalue weighted by molar-refractivity contribution is -0.161. The van der Waals surface area contributed by atoms with Crippen molar-refractivity contribution in [3.05, 3.63) is 59.7 Å². The monoisotopic (exact) mass is 466 g/mol. The summed E-state index contributed by atoms with van der Waals surface area (Å²) in [4.78, 5) is 39.1. The lowest BCUT2D eigenvalue weighted by Crippen LogP contribution is -2.62. The molecule has 0 aromatic heterocycles. The fraction of sp³-hybridized carbons (Fsp3) is 0.423. The highest BCUT2D eigenvalue weighted by molar-refractivity contribution is 5.90. The average molecular weight is 467 g/mol. The predicted molar refractivity (Wildman–Crippen MR) is 125 cm³/mol. The van der Waals surface area contributed by atoms with Gasteiger partial charge in [0, 0.05) is 12.5 Å². The van der Waals surface area contributed by atoms with Crippen LogP contribution in [0.15, 0.2) is 48.5 Å². The molecule has 2 aliphatic rings. The molecule has 2 amide bonds. The van der Waals surface area contributed by atoms with E-state index < -0.39 is 23.7 Å². The fourth-order valence-electron chi connectivity index (χ4n) is 4.90. The minimum atomic E-state index is -1.18. The number of carboxylic acid groups (broad SMARTS) is 1. The van der Waals surface area contributed by atoms with E-state index in [-0.39, 0.29) is 38.1 Å². The van der Waals surface area contributed by atoms with E-state index in [0.29, 0.717) is 12.8 Å². The minimum absolute atomic E-state index is 0.0533. The third-order valence-corrected chi connectivity index (χ3v) is 6.93. The van der Waals surface area contributed by atoms with Gasteiger partial charge in [-0.25, -0.2) is 9.59 Å². The molecule has 1 saturated heterocycles. The number of nitrogens with zero attached hydrogens (tertiary/aromatic N) is 1. The molecule has 1 heterocycles. The molecule has 2 aromatic carbocycles. The summed E-state index contributed by atoms with van der Waals surface area (Å²) < 4.78 is 10.9. The number of hydrogen-bond acceptors (Lipinski definition) is 5. The molecule has 1 aliphatic carbocycles. The number of hydrogen-bond donors (Lipinski definition) is 2. The highest BCUT2D eigenvalue weighted by Gasteiger charge is 2.42. The van der Waals surface area contributed by atoms with Crippen LogP contribution in [0.1, 0.15) is 43.7 Å². The van der Waals surface area contributed by atoms with Crippen LogP contribution in [0.3, 0.4) is 0 Å². The normalized spacial score (nSPS) is 17.6. The zero-order valence-electron chi connectivity index (χ0n) is 19.5. The van der Waals surface area contributed by atoms with Gasteiger partial charge in [0.25, 0.3) is 0 Å². The number of aliphatic carboxylic acids is 1. The average Bonchev–Trinajstić information content (AvgIpc) is 3.19. The molecule has 0 bridgehead atoms. The van der Waals surface area contributed by atoms with Crippen molar-refractivity contribution < 1.29 is 29.0 Å². The summed E-state index contributed by atoms with van der Waals surface area (Å²) >= 11 is 0. The van der Waals surface area contributed by atoms with Crippen molar-refractivity contribution in [2.75, 3.05) is 26.3 Å². The van der Waals surface area contributed by atoms with Crippen molar-refractivity contribution in [1.29, 1.82) is 0 Å². The van der Waals surface area contributed by atoms with Crippen molar-refractivity contribution in [2.45, 2.75) is 44.2 Å². The molecule has 2 N–H and O–H groups in total. The summed E-state index contributed by atoms with van der Waals surface area (Å²) in [7, 11) is 0. The Balaban J connectivity index is 1.46. The number of amides is 2. The van der Waals surface area contributed by atoms with Crippen LogP contribution in [-0.2, 0) is 19.1 Å². The van der Waals surface area contributed by atoms with Crippen LogP contribution in [0.5, 0.6) is 0 Å². The van der Waals surface area contributed by atoms with Gasteiger partial charge >= 0.3 is 12.1 Å². The number of benzene rings is 2. The zero-order valence-corrected chi connectivity index (χ0v) is 19.5. The molecule has 0 spiro atoms. The fourth-order valence-corrected chi connectivity index (χ4v) is 4.90. The topological polar surface area (TPSA) is 105 Å². The Labute approximate surface area is 198 Å². The maximum Gasteiger partial charge on any atom is 0.408 e. The molecule has 1 aliphatic heterocycles. The molecule has 8 nitrogen and oxygen atoms in total. The third kappa shape index (κ3) is 4.37. The lowest BCUT2D eigenvalue weighted by atomic mass is 9.90. The lowest BCUT2D eigenvalue weighted by Gasteiger charge is -2.39. The molecular formula is C26H30N2O6. The van der Waals surface area contributed by atoms with E-state index in [1.165, 1.54) is 4.90 Å². The van der Waals surface area contributed by atoms with Crippen LogP contribution in [0, 0.1) is 0 Å². The smallest absolute Gasteiger partial charge is 0.408 e. The molecule has 1 atom stereocenters. The van der Waals surface area contributed by atoms with Gasteiger partial charge < -0.3 is 24.8 Å². The van der Waals surface area contributed by atoms with Gasteiger partial charge in [-0.2, -0.15) is 0 Å². The second kappa shape index (κ2) is 9.85. The van der Waals surface area contributed by atoms with Crippen LogP contribution in [0.4, 0.5) is 4.79 Å². The number of rotatable bonds is 7.